The highest BCUT2D eigenvalue weighted by Gasteiger charge is 2.19. The van der Waals surface area contributed by atoms with Crippen LogP contribution in [0.4, 0.5) is 0 Å². The summed E-state index contributed by atoms with van der Waals surface area (Å²) in [5.41, 5.74) is 0. The van der Waals surface area contributed by atoms with Gasteiger partial charge in [-0.25, -0.2) is 0 Å². The van der Waals surface area contributed by atoms with Gasteiger partial charge < -0.3 is 10.2 Å². The SMILES string of the molecule is CC(C)CCCC(=O)N1CCNC(C)C1. The molecule has 0 spiro atoms. The first-order valence-corrected chi connectivity index (χ1v) is 6.10. The molecule has 1 aliphatic heterocycles. The van der Waals surface area contributed by atoms with Gasteiger partial charge in [-0.2, -0.15) is 0 Å². The second-order valence-electron chi connectivity index (χ2n) is 4.98. The first-order valence-electron chi connectivity index (χ1n) is 6.10. The van der Waals surface area contributed by atoms with Crippen LogP contribution >= 0.6 is 0 Å². The summed E-state index contributed by atoms with van der Waals surface area (Å²) in [7, 11) is 0. The van der Waals surface area contributed by atoms with E-state index in [1.165, 1.54) is 0 Å². The number of hydrogen-bond donors (Lipinski definition) is 1. The minimum absolute atomic E-state index is 0.337. The predicted molar refractivity (Wildman–Crippen MR) is 62.7 cm³/mol. The number of amides is 1. The quantitative estimate of drug-likeness (QED) is 0.768. The van der Waals surface area contributed by atoms with Crippen molar-refractivity contribution in [3.8, 4) is 0 Å². The van der Waals surface area contributed by atoms with E-state index in [-0.39, 0.29) is 0 Å². The van der Waals surface area contributed by atoms with Crippen LogP contribution in [0.1, 0.15) is 40.0 Å². The molecule has 0 aliphatic carbocycles. The van der Waals surface area contributed by atoms with E-state index in [9.17, 15) is 4.79 Å². The van der Waals surface area contributed by atoms with Crippen LogP contribution in [0, 0.1) is 5.92 Å². The lowest BCUT2D eigenvalue weighted by atomic mass is 10.1. The second kappa shape index (κ2) is 6.11. The molecule has 1 N–H and O–H groups in total. The highest BCUT2D eigenvalue weighted by Crippen LogP contribution is 2.09. The lowest BCUT2D eigenvalue weighted by molar-refractivity contribution is -0.132. The molecule has 0 bridgehead atoms. The molecule has 0 saturated carbocycles. The minimum atomic E-state index is 0.337. The Bertz CT molecular complexity index is 204. The molecule has 3 heteroatoms. The van der Waals surface area contributed by atoms with Crippen molar-refractivity contribution >= 4 is 5.91 Å². The topological polar surface area (TPSA) is 32.3 Å². The molecule has 0 aromatic rings. The van der Waals surface area contributed by atoms with Gasteiger partial charge in [0.2, 0.25) is 5.91 Å². The van der Waals surface area contributed by atoms with Crippen LogP contribution < -0.4 is 5.32 Å². The minimum Gasteiger partial charge on any atom is -0.340 e. The summed E-state index contributed by atoms with van der Waals surface area (Å²) < 4.78 is 0. The van der Waals surface area contributed by atoms with Crippen molar-refractivity contribution in [1.29, 1.82) is 0 Å². The summed E-state index contributed by atoms with van der Waals surface area (Å²) in [6.07, 6.45) is 2.92. The van der Waals surface area contributed by atoms with Gasteiger partial charge in [-0.3, -0.25) is 4.79 Å². The number of nitrogens with zero attached hydrogens (tertiary/aromatic N) is 1. The van der Waals surface area contributed by atoms with Gasteiger partial charge in [-0.05, 0) is 19.3 Å². The van der Waals surface area contributed by atoms with Crippen LogP contribution in [0.2, 0.25) is 0 Å². The zero-order chi connectivity index (χ0) is 11.3. The molecule has 1 atom stereocenters. The zero-order valence-electron chi connectivity index (χ0n) is 10.3. The van der Waals surface area contributed by atoms with Crippen molar-refractivity contribution in [3.63, 3.8) is 0 Å². The summed E-state index contributed by atoms with van der Waals surface area (Å²) in [6, 6.07) is 0.452. The van der Waals surface area contributed by atoms with Gasteiger partial charge in [0, 0.05) is 32.1 Å². The highest BCUT2D eigenvalue weighted by molar-refractivity contribution is 5.76. The lowest BCUT2D eigenvalue weighted by Crippen LogP contribution is -2.51. The fraction of sp³-hybridized carbons (Fsp3) is 0.917. The van der Waals surface area contributed by atoms with E-state index in [4.69, 9.17) is 0 Å². The first kappa shape index (κ1) is 12.5. The highest BCUT2D eigenvalue weighted by atomic mass is 16.2. The Labute approximate surface area is 93.2 Å². The van der Waals surface area contributed by atoms with Crippen LogP contribution in [0.3, 0.4) is 0 Å². The van der Waals surface area contributed by atoms with Crippen molar-refractivity contribution in [3.05, 3.63) is 0 Å². The van der Waals surface area contributed by atoms with E-state index >= 15 is 0 Å². The Morgan fingerprint density at radius 2 is 2.27 bits per heavy atom. The third-order valence-electron chi connectivity index (χ3n) is 2.89. The fourth-order valence-electron chi connectivity index (χ4n) is 1.98. The molecule has 1 heterocycles. The Morgan fingerprint density at radius 1 is 1.53 bits per heavy atom. The fourth-order valence-corrected chi connectivity index (χ4v) is 1.98. The van der Waals surface area contributed by atoms with Crippen LogP contribution in [0.5, 0.6) is 0 Å². The molecule has 1 amide bonds. The third-order valence-corrected chi connectivity index (χ3v) is 2.89. The maximum atomic E-state index is 11.8. The molecule has 88 valence electrons. The standard InChI is InChI=1S/C12H24N2O/c1-10(2)5-4-6-12(15)14-8-7-13-11(3)9-14/h10-11,13H,4-9H2,1-3H3. The molecule has 1 unspecified atom stereocenters. The summed E-state index contributed by atoms with van der Waals surface area (Å²) in [4.78, 5) is 13.8. The largest absolute Gasteiger partial charge is 0.340 e. The third kappa shape index (κ3) is 4.65. The van der Waals surface area contributed by atoms with Crippen molar-refractivity contribution in [2.45, 2.75) is 46.1 Å². The average molecular weight is 212 g/mol. The normalized spacial score (nSPS) is 22.1. The average Bonchev–Trinajstić information content (AvgIpc) is 2.17. The van der Waals surface area contributed by atoms with Gasteiger partial charge in [-0.1, -0.05) is 20.3 Å². The van der Waals surface area contributed by atoms with E-state index in [2.05, 4.69) is 26.1 Å². The molecule has 0 aromatic heterocycles. The van der Waals surface area contributed by atoms with Crippen molar-refractivity contribution in [2.75, 3.05) is 19.6 Å². The number of piperazine rings is 1. The van der Waals surface area contributed by atoms with E-state index in [0.29, 0.717) is 17.9 Å². The summed E-state index contributed by atoms with van der Waals surface area (Å²) in [6.45, 7) is 9.24. The van der Waals surface area contributed by atoms with Crippen molar-refractivity contribution in [2.24, 2.45) is 5.92 Å². The zero-order valence-corrected chi connectivity index (χ0v) is 10.3. The number of carbonyl (C=O) groups is 1. The van der Waals surface area contributed by atoms with E-state index in [1.807, 2.05) is 4.90 Å². The van der Waals surface area contributed by atoms with E-state index < -0.39 is 0 Å². The first-order chi connectivity index (χ1) is 7.09. The van der Waals surface area contributed by atoms with E-state index in [0.717, 1.165) is 38.9 Å². The summed E-state index contributed by atoms with van der Waals surface area (Å²) in [5, 5.41) is 3.35. The number of hydrogen-bond acceptors (Lipinski definition) is 2. The van der Waals surface area contributed by atoms with Crippen LogP contribution in [0.25, 0.3) is 0 Å². The molecule has 1 fully saturated rings. The smallest absolute Gasteiger partial charge is 0.222 e. The van der Waals surface area contributed by atoms with Crippen molar-refractivity contribution < 1.29 is 4.79 Å². The van der Waals surface area contributed by atoms with Crippen molar-refractivity contribution in [1.82, 2.24) is 10.2 Å². The number of rotatable bonds is 4. The van der Waals surface area contributed by atoms with Crippen LogP contribution in [-0.2, 0) is 4.79 Å². The van der Waals surface area contributed by atoms with Gasteiger partial charge in [-0.15, -0.1) is 0 Å². The molecule has 1 aliphatic rings. The second-order valence-corrected chi connectivity index (χ2v) is 4.98. The van der Waals surface area contributed by atoms with Gasteiger partial charge in [0.1, 0.15) is 0 Å². The maximum Gasteiger partial charge on any atom is 0.222 e. The molecule has 0 radical (unpaired) electrons. The Morgan fingerprint density at radius 3 is 2.87 bits per heavy atom. The maximum absolute atomic E-state index is 11.8. The predicted octanol–water partition coefficient (Wildman–Crippen LogP) is 1.63. The lowest BCUT2D eigenvalue weighted by Gasteiger charge is -2.32. The molecular formula is C12H24N2O. The van der Waals surface area contributed by atoms with E-state index in [1.54, 1.807) is 0 Å². The van der Waals surface area contributed by atoms with Crippen LogP contribution in [-0.4, -0.2) is 36.5 Å². The summed E-state index contributed by atoms with van der Waals surface area (Å²) in [5.74, 6) is 1.05. The van der Waals surface area contributed by atoms with Gasteiger partial charge in [0.05, 0.1) is 0 Å². The molecule has 3 nitrogen and oxygen atoms in total. The molecule has 15 heavy (non-hydrogen) atoms. The monoisotopic (exact) mass is 212 g/mol. The Balaban J connectivity index is 2.21. The molecule has 0 aromatic carbocycles. The molecule has 1 saturated heterocycles. The Kier molecular flexibility index (Phi) is 5.09. The number of carbonyl (C=O) groups excluding carboxylic acids is 1. The van der Waals surface area contributed by atoms with Gasteiger partial charge in [0.15, 0.2) is 0 Å². The molecular weight excluding hydrogens is 188 g/mol. The number of nitrogens with one attached hydrogen (secondary N) is 1. The molecule has 1 rings (SSSR count). The van der Waals surface area contributed by atoms with Gasteiger partial charge in [0.25, 0.3) is 0 Å². The summed E-state index contributed by atoms with van der Waals surface area (Å²) >= 11 is 0. The Hall–Kier alpha value is -0.570. The van der Waals surface area contributed by atoms with Crippen LogP contribution in [0.15, 0.2) is 0 Å². The van der Waals surface area contributed by atoms with Gasteiger partial charge >= 0.3 is 0 Å².